The van der Waals surface area contributed by atoms with Crippen LogP contribution in [0.2, 0.25) is 10.0 Å². The quantitative estimate of drug-likeness (QED) is 0.778. The monoisotopic (exact) mass is 368 g/mol. The zero-order valence-corrected chi connectivity index (χ0v) is 14.9. The predicted molar refractivity (Wildman–Crippen MR) is 93.1 cm³/mol. The third kappa shape index (κ3) is 4.14. The summed E-state index contributed by atoms with van der Waals surface area (Å²) in [6.07, 6.45) is -1.34. The Morgan fingerprint density at radius 1 is 0.792 bits per heavy atom. The molecule has 2 aromatic carbocycles. The molecule has 0 spiro atoms. The van der Waals surface area contributed by atoms with Gasteiger partial charge in [0.25, 0.3) is 12.6 Å². The van der Waals surface area contributed by atoms with Crippen LogP contribution in [0.25, 0.3) is 0 Å². The summed E-state index contributed by atoms with van der Waals surface area (Å²) in [6, 6.07) is 10.9. The molecule has 0 bridgehead atoms. The van der Waals surface area contributed by atoms with Gasteiger partial charge < -0.3 is 18.9 Å². The molecule has 0 saturated carbocycles. The van der Waals surface area contributed by atoms with Gasteiger partial charge in [0.1, 0.15) is 11.5 Å². The standard InChI is InChI=1S/C18H18Cl2O4/c1-11-9-13(3-5-15(11)19)23-17-18(22-8-7-21-17)24-14-4-6-16(20)12(2)10-14/h3-6,9-10,17-18H,7-8H2,1-2H3/t17-,18+. The van der Waals surface area contributed by atoms with Crippen LogP contribution in [0.1, 0.15) is 11.1 Å². The number of hydrogen-bond acceptors (Lipinski definition) is 4. The van der Waals surface area contributed by atoms with E-state index in [2.05, 4.69) is 0 Å². The summed E-state index contributed by atoms with van der Waals surface area (Å²) >= 11 is 12.1. The van der Waals surface area contributed by atoms with Gasteiger partial charge in [0.15, 0.2) is 0 Å². The highest BCUT2D eigenvalue weighted by Gasteiger charge is 2.31. The van der Waals surface area contributed by atoms with E-state index in [9.17, 15) is 0 Å². The maximum Gasteiger partial charge on any atom is 0.263 e. The van der Waals surface area contributed by atoms with Crippen LogP contribution in [0.4, 0.5) is 0 Å². The molecule has 2 atom stereocenters. The lowest BCUT2D eigenvalue weighted by Gasteiger charge is -2.32. The average Bonchev–Trinajstić information content (AvgIpc) is 2.56. The molecule has 3 rings (SSSR count). The van der Waals surface area contributed by atoms with Gasteiger partial charge in [-0.15, -0.1) is 0 Å². The summed E-state index contributed by atoms with van der Waals surface area (Å²) in [6.45, 7) is 4.71. The Morgan fingerprint density at radius 2 is 1.21 bits per heavy atom. The van der Waals surface area contributed by atoms with E-state index in [0.717, 1.165) is 11.1 Å². The highest BCUT2D eigenvalue weighted by atomic mass is 35.5. The van der Waals surface area contributed by atoms with Crippen LogP contribution >= 0.6 is 23.2 Å². The summed E-state index contributed by atoms with van der Waals surface area (Å²) in [5.74, 6) is 1.29. The van der Waals surface area contributed by atoms with Gasteiger partial charge in [0.05, 0.1) is 13.2 Å². The highest BCUT2D eigenvalue weighted by Crippen LogP contribution is 2.26. The number of rotatable bonds is 4. The molecule has 0 radical (unpaired) electrons. The fourth-order valence-electron chi connectivity index (χ4n) is 2.31. The van der Waals surface area contributed by atoms with Crippen molar-refractivity contribution in [2.75, 3.05) is 13.2 Å². The summed E-state index contributed by atoms with van der Waals surface area (Å²) in [4.78, 5) is 0. The lowest BCUT2D eigenvalue weighted by atomic mass is 10.2. The molecule has 2 aromatic rings. The molecule has 24 heavy (non-hydrogen) atoms. The second-order valence-electron chi connectivity index (χ2n) is 5.54. The van der Waals surface area contributed by atoms with Gasteiger partial charge in [0, 0.05) is 10.0 Å². The normalized spacial score (nSPS) is 20.7. The molecular weight excluding hydrogens is 351 g/mol. The molecule has 0 aromatic heterocycles. The van der Waals surface area contributed by atoms with Crippen molar-refractivity contribution in [3.8, 4) is 11.5 Å². The molecule has 4 nitrogen and oxygen atoms in total. The van der Waals surface area contributed by atoms with Crippen LogP contribution in [0.5, 0.6) is 11.5 Å². The number of ether oxygens (including phenoxy) is 4. The van der Waals surface area contributed by atoms with Crippen LogP contribution in [-0.2, 0) is 9.47 Å². The van der Waals surface area contributed by atoms with Gasteiger partial charge in [-0.05, 0) is 61.4 Å². The minimum absolute atomic E-state index is 0.441. The first-order chi connectivity index (χ1) is 11.5. The SMILES string of the molecule is Cc1cc(O[C@H]2OCCO[C@H]2Oc2ccc(Cl)c(C)c2)ccc1Cl. The zero-order chi connectivity index (χ0) is 17.1. The first-order valence-electron chi connectivity index (χ1n) is 7.62. The second-order valence-corrected chi connectivity index (χ2v) is 6.35. The summed E-state index contributed by atoms with van der Waals surface area (Å²) in [7, 11) is 0. The minimum atomic E-state index is -0.671. The van der Waals surface area contributed by atoms with Crippen LogP contribution in [0, 0.1) is 13.8 Å². The fourth-order valence-corrected chi connectivity index (χ4v) is 2.55. The third-order valence-corrected chi connectivity index (χ3v) is 4.48. The molecule has 128 valence electrons. The van der Waals surface area contributed by atoms with E-state index in [1.807, 2.05) is 26.0 Å². The highest BCUT2D eigenvalue weighted by molar-refractivity contribution is 6.31. The molecule has 1 fully saturated rings. The van der Waals surface area contributed by atoms with E-state index in [0.29, 0.717) is 34.8 Å². The Kier molecular flexibility index (Phi) is 5.51. The first-order valence-corrected chi connectivity index (χ1v) is 8.37. The number of halogens is 2. The lowest BCUT2D eigenvalue weighted by molar-refractivity contribution is -0.271. The second kappa shape index (κ2) is 7.62. The predicted octanol–water partition coefficient (Wildman–Crippen LogP) is 4.77. The van der Waals surface area contributed by atoms with E-state index < -0.39 is 12.6 Å². The number of benzene rings is 2. The van der Waals surface area contributed by atoms with Crippen LogP contribution < -0.4 is 9.47 Å². The van der Waals surface area contributed by atoms with Gasteiger partial charge >= 0.3 is 0 Å². The molecular formula is C18H18Cl2O4. The summed E-state index contributed by atoms with van der Waals surface area (Å²) in [5, 5.41) is 1.38. The van der Waals surface area contributed by atoms with E-state index in [-0.39, 0.29) is 0 Å². The molecule has 0 N–H and O–H groups in total. The van der Waals surface area contributed by atoms with Crippen molar-refractivity contribution in [3.63, 3.8) is 0 Å². The van der Waals surface area contributed by atoms with Crippen molar-refractivity contribution in [2.24, 2.45) is 0 Å². The average molecular weight is 369 g/mol. The third-order valence-electron chi connectivity index (χ3n) is 3.63. The largest absolute Gasteiger partial charge is 0.458 e. The van der Waals surface area contributed by atoms with Crippen molar-refractivity contribution in [2.45, 2.75) is 26.4 Å². The van der Waals surface area contributed by atoms with Crippen molar-refractivity contribution in [1.29, 1.82) is 0 Å². The van der Waals surface area contributed by atoms with Gasteiger partial charge in [-0.25, -0.2) is 0 Å². The minimum Gasteiger partial charge on any atom is -0.458 e. The number of aryl methyl sites for hydroxylation is 2. The Hall–Kier alpha value is -1.46. The van der Waals surface area contributed by atoms with Gasteiger partial charge in [0.2, 0.25) is 0 Å². The molecule has 0 amide bonds. The molecule has 0 aliphatic carbocycles. The van der Waals surface area contributed by atoms with Gasteiger partial charge in [-0.1, -0.05) is 23.2 Å². The van der Waals surface area contributed by atoms with Crippen molar-refractivity contribution >= 4 is 23.2 Å². The smallest absolute Gasteiger partial charge is 0.263 e. The van der Waals surface area contributed by atoms with Gasteiger partial charge in [-0.3, -0.25) is 0 Å². The topological polar surface area (TPSA) is 36.9 Å². The Balaban J connectivity index is 1.72. The van der Waals surface area contributed by atoms with Crippen molar-refractivity contribution in [3.05, 3.63) is 57.6 Å². The molecule has 1 aliphatic heterocycles. The van der Waals surface area contributed by atoms with Crippen molar-refractivity contribution in [1.82, 2.24) is 0 Å². The van der Waals surface area contributed by atoms with Gasteiger partial charge in [-0.2, -0.15) is 0 Å². The molecule has 0 unspecified atom stereocenters. The maximum absolute atomic E-state index is 6.04. The maximum atomic E-state index is 6.04. The molecule has 1 aliphatic rings. The fraction of sp³-hybridized carbons (Fsp3) is 0.333. The molecule has 6 heteroatoms. The Morgan fingerprint density at radius 3 is 1.58 bits per heavy atom. The first kappa shape index (κ1) is 17.4. The van der Waals surface area contributed by atoms with E-state index in [1.165, 1.54) is 0 Å². The van der Waals surface area contributed by atoms with Crippen LogP contribution in [-0.4, -0.2) is 25.8 Å². The van der Waals surface area contributed by atoms with Crippen LogP contribution in [0.15, 0.2) is 36.4 Å². The summed E-state index contributed by atoms with van der Waals surface area (Å²) < 4.78 is 23.1. The Labute approximate surface area is 151 Å². The Bertz CT molecular complexity index is 659. The zero-order valence-electron chi connectivity index (χ0n) is 13.4. The number of hydrogen-bond donors (Lipinski definition) is 0. The summed E-state index contributed by atoms with van der Waals surface area (Å²) in [5.41, 5.74) is 1.85. The molecule has 1 heterocycles. The van der Waals surface area contributed by atoms with Crippen LogP contribution in [0.3, 0.4) is 0 Å². The lowest BCUT2D eigenvalue weighted by Crippen LogP contribution is -2.45. The van der Waals surface area contributed by atoms with E-state index in [4.69, 9.17) is 42.1 Å². The molecule has 1 saturated heterocycles. The van der Waals surface area contributed by atoms with E-state index >= 15 is 0 Å². The van der Waals surface area contributed by atoms with E-state index in [1.54, 1.807) is 24.3 Å². The van der Waals surface area contributed by atoms with Crippen molar-refractivity contribution < 1.29 is 18.9 Å².